The second kappa shape index (κ2) is 5.83. The molecule has 0 aliphatic heterocycles. The summed E-state index contributed by atoms with van der Waals surface area (Å²) in [6.07, 6.45) is -1.22. The highest BCUT2D eigenvalue weighted by Gasteiger charge is 2.12. The molecular weight excluding hydrogens is 258 g/mol. The molecule has 0 aliphatic carbocycles. The number of hydrogen-bond acceptors (Lipinski definition) is 4. The van der Waals surface area contributed by atoms with Gasteiger partial charge in [0.25, 0.3) is 0 Å². The van der Waals surface area contributed by atoms with Gasteiger partial charge in [-0.1, -0.05) is 38.1 Å². The number of carbonyl (C=O) groups is 1. The molecule has 0 spiro atoms. The van der Waals surface area contributed by atoms with Gasteiger partial charge in [0.15, 0.2) is 0 Å². The third-order valence-electron chi connectivity index (χ3n) is 2.26. The van der Waals surface area contributed by atoms with Crippen LogP contribution in [-0.2, 0) is 21.1 Å². The van der Waals surface area contributed by atoms with Gasteiger partial charge in [-0.25, -0.2) is 4.79 Å². The Labute approximate surface area is 106 Å². The van der Waals surface area contributed by atoms with E-state index in [0.29, 0.717) is 5.92 Å². The quantitative estimate of drug-likeness (QED) is 0.816. The van der Waals surface area contributed by atoms with Crippen LogP contribution in [0.15, 0.2) is 24.3 Å². The molecule has 0 heterocycles. The average molecular weight is 273 g/mol. The molecule has 2 N–H and O–H groups in total. The number of amides is 1. The summed E-state index contributed by atoms with van der Waals surface area (Å²) in [5.74, 6) is 0.413. The van der Waals surface area contributed by atoms with Gasteiger partial charge in [-0.2, -0.15) is 8.42 Å². The molecule has 6 nitrogen and oxygen atoms in total. The Balaban J connectivity index is 2.51. The lowest BCUT2D eigenvalue weighted by molar-refractivity contribution is 0.195. The molecule has 0 atom stereocenters. The van der Waals surface area contributed by atoms with Crippen LogP contribution in [0.5, 0.6) is 0 Å². The van der Waals surface area contributed by atoms with E-state index in [-0.39, 0.29) is 6.54 Å². The molecule has 1 rings (SSSR count). The fourth-order valence-electron chi connectivity index (χ4n) is 1.32. The maximum Gasteiger partial charge on any atom is 0.450 e. The second-order valence-electron chi connectivity index (χ2n) is 4.05. The first-order valence-corrected chi connectivity index (χ1v) is 6.68. The highest BCUT2D eigenvalue weighted by Crippen LogP contribution is 2.14. The average Bonchev–Trinajstić information content (AvgIpc) is 2.24. The SMILES string of the molecule is CC(C)c1ccc(CNC(=O)OS(=O)(=O)O)cc1. The molecule has 7 heteroatoms. The molecular formula is C11H15NO5S. The molecule has 0 saturated carbocycles. The number of nitrogens with one attached hydrogen (secondary N) is 1. The minimum absolute atomic E-state index is 0.118. The Kier molecular flexibility index (Phi) is 4.69. The number of carbonyl (C=O) groups excluding carboxylic acids is 1. The summed E-state index contributed by atoms with van der Waals surface area (Å²) in [5, 5.41) is 2.20. The lowest BCUT2D eigenvalue weighted by Crippen LogP contribution is -2.26. The Morgan fingerprint density at radius 2 is 1.89 bits per heavy atom. The van der Waals surface area contributed by atoms with Crippen LogP contribution >= 0.6 is 0 Å². The lowest BCUT2D eigenvalue weighted by atomic mass is 10.0. The van der Waals surface area contributed by atoms with Gasteiger partial charge >= 0.3 is 16.5 Å². The Hall–Kier alpha value is -1.60. The lowest BCUT2D eigenvalue weighted by Gasteiger charge is -2.07. The normalized spacial score (nSPS) is 11.3. The minimum atomic E-state index is -4.76. The summed E-state index contributed by atoms with van der Waals surface area (Å²) in [5.41, 5.74) is 1.96. The number of hydrogen-bond donors (Lipinski definition) is 2. The van der Waals surface area contributed by atoms with Crippen molar-refractivity contribution in [2.45, 2.75) is 26.3 Å². The Bertz CT molecular complexity index is 507. The number of benzene rings is 1. The zero-order valence-corrected chi connectivity index (χ0v) is 10.9. The molecule has 1 amide bonds. The van der Waals surface area contributed by atoms with Crippen molar-refractivity contribution in [3.8, 4) is 0 Å². The Morgan fingerprint density at radius 1 is 1.33 bits per heavy atom. The van der Waals surface area contributed by atoms with Crippen LogP contribution in [-0.4, -0.2) is 19.1 Å². The maximum absolute atomic E-state index is 10.9. The van der Waals surface area contributed by atoms with E-state index in [1.807, 2.05) is 24.3 Å². The summed E-state index contributed by atoms with van der Waals surface area (Å²) < 4.78 is 32.5. The van der Waals surface area contributed by atoms with Crippen molar-refractivity contribution in [2.75, 3.05) is 0 Å². The zero-order chi connectivity index (χ0) is 13.8. The first-order valence-electron chi connectivity index (χ1n) is 5.31. The predicted octanol–water partition coefficient (Wildman–Crippen LogP) is 1.84. The van der Waals surface area contributed by atoms with Crippen molar-refractivity contribution in [1.29, 1.82) is 0 Å². The molecule has 0 fully saturated rings. The minimum Gasteiger partial charge on any atom is -0.316 e. The van der Waals surface area contributed by atoms with Gasteiger partial charge < -0.3 is 9.50 Å². The van der Waals surface area contributed by atoms with E-state index in [1.165, 1.54) is 5.56 Å². The monoisotopic (exact) mass is 273 g/mol. The molecule has 0 unspecified atom stereocenters. The van der Waals surface area contributed by atoms with Crippen LogP contribution in [0.1, 0.15) is 30.9 Å². The summed E-state index contributed by atoms with van der Waals surface area (Å²) >= 11 is 0. The van der Waals surface area contributed by atoms with E-state index in [2.05, 4.69) is 23.3 Å². The van der Waals surface area contributed by atoms with E-state index in [4.69, 9.17) is 4.55 Å². The van der Waals surface area contributed by atoms with E-state index in [9.17, 15) is 13.2 Å². The molecule has 1 aromatic carbocycles. The van der Waals surface area contributed by atoms with E-state index in [0.717, 1.165) is 5.56 Å². The van der Waals surface area contributed by atoms with Crippen LogP contribution in [0.25, 0.3) is 0 Å². The van der Waals surface area contributed by atoms with Gasteiger partial charge in [-0.15, -0.1) is 0 Å². The third kappa shape index (κ3) is 5.15. The second-order valence-corrected chi connectivity index (χ2v) is 5.07. The highest BCUT2D eigenvalue weighted by molar-refractivity contribution is 7.81. The van der Waals surface area contributed by atoms with E-state index in [1.54, 1.807) is 0 Å². The number of rotatable bonds is 4. The van der Waals surface area contributed by atoms with Crippen molar-refractivity contribution >= 4 is 16.5 Å². The van der Waals surface area contributed by atoms with Crippen molar-refractivity contribution < 1.29 is 21.9 Å². The van der Waals surface area contributed by atoms with Crippen LogP contribution in [0.3, 0.4) is 0 Å². The standard InChI is InChI=1S/C11H15NO5S/c1-8(2)10-5-3-9(4-6-10)7-12-11(13)17-18(14,15)16/h3-6,8H,7H2,1-2H3,(H,12,13)(H,14,15,16). The van der Waals surface area contributed by atoms with Crippen LogP contribution < -0.4 is 5.32 Å². The van der Waals surface area contributed by atoms with Crippen molar-refractivity contribution in [2.24, 2.45) is 0 Å². The van der Waals surface area contributed by atoms with Crippen LogP contribution in [0.2, 0.25) is 0 Å². The van der Waals surface area contributed by atoms with Crippen LogP contribution in [0.4, 0.5) is 4.79 Å². The van der Waals surface area contributed by atoms with E-state index >= 15 is 0 Å². The maximum atomic E-state index is 10.9. The summed E-state index contributed by atoms with van der Waals surface area (Å²) in [4.78, 5) is 10.9. The molecule has 0 aromatic heterocycles. The molecule has 100 valence electrons. The first kappa shape index (κ1) is 14.5. The Morgan fingerprint density at radius 3 is 2.33 bits per heavy atom. The van der Waals surface area contributed by atoms with Gasteiger partial charge in [0.2, 0.25) is 0 Å². The summed E-state index contributed by atoms with van der Waals surface area (Å²) in [6, 6.07) is 7.50. The molecule has 0 aliphatic rings. The smallest absolute Gasteiger partial charge is 0.316 e. The molecule has 0 saturated heterocycles. The predicted molar refractivity (Wildman–Crippen MR) is 65.4 cm³/mol. The van der Waals surface area contributed by atoms with Crippen molar-refractivity contribution in [1.82, 2.24) is 5.32 Å². The molecule has 18 heavy (non-hydrogen) atoms. The molecule has 1 aromatic rings. The fourth-order valence-corrected chi connectivity index (χ4v) is 1.57. The van der Waals surface area contributed by atoms with Gasteiger partial charge in [0, 0.05) is 6.54 Å². The van der Waals surface area contributed by atoms with Gasteiger partial charge in [0.05, 0.1) is 0 Å². The van der Waals surface area contributed by atoms with Gasteiger partial charge in [-0.3, -0.25) is 4.55 Å². The zero-order valence-electron chi connectivity index (χ0n) is 10.1. The van der Waals surface area contributed by atoms with Gasteiger partial charge in [0.1, 0.15) is 0 Å². The summed E-state index contributed by atoms with van der Waals surface area (Å²) in [6.45, 7) is 4.25. The van der Waals surface area contributed by atoms with Crippen molar-refractivity contribution in [3.05, 3.63) is 35.4 Å². The van der Waals surface area contributed by atoms with Crippen molar-refractivity contribution in [3.63, 3.8) is 0 Å². The fraction of sp³-hybridized carbons (Fsp3) is 0.364. The largest absolute Gasteiger partial charge is 0.450 e. The van der Waals surface area contributed by atoms with Gasteiger partial charge in [-0.05, 0) is 17.0 Å². The third-order valence-corrected chi connectivity index (χ3v) is 2.63. The molecule has 0 radical (unpaired) electrons. The first-order chi connectivity index (χ1) is 8.28. The topological polar surface area (TPSA) is 92.7 Å². The summed E-state index contributed by atoms with van der Waals surface area (Å²) in [7, 11) is -4.76. The van der Waals surface area contributed by atoms with E-state index < -0.39 is 16.5 Å². The highest BCUT2D eigenvalue weighted by atomic mass is 32.3. The molecule has 0 bridgehead atoms. The van der Waals surface area contributed by atoms with Crippen LogP contribution in [0, 0.1) is 0 Å².